The summed E-state index contributed by atoms with van der Waals surface area (Å²) >= 11 is 0. The number of aryl methyl sites for hydroxylation is 1. The predicted molar refractivity (Wildman–Crippen MR) is 109 cm³/mol. The van der Waals surface area contributed by atoms with E-state index in [1.54, 1.807) is 18.2 Å². The van der Waals surface area contributed by atoms with Crippen LogP contribution >= 0.6 is 0 Å². The van der Waals surface area contributed by atoms with Gasteiger partial charge >= 0.3 is 0 Å². The molecule has 1 amide bonds. The van der Waals surface area contributed by atoms with Crippen molar-refractivity contribution in [2.75, 3.05) is 55.9 Å². The number of aromatic nitrogens is 2. The van der Waals surface area contributed by atoms with Gasteiger partial charge in [-0.3, -0.25) is 4.79 Å². The maximum atomic E-state index is 12.9. The summed E-state index contributed by atoms with van der Waals surface area (Å²) in [5.74, 6) is 4.13. The van der Waals surface area contributed by atoms with Crippen molar-refractivity contribution in [3.63, 3.8) is 0 Å². The van der Waals surface area contributed by atoms with Crippen LogP contribution in [0.3, 0.4) is 0 Å². The van der Waals surface area contributed by atoms with Crippen molar-refractivity contribution >= 4 is 17.5 Å². The first-order chi connectivity index (χ1) is 14.2. The molecule has 152 valence electrons. The molecule has 5 rings (SSSR count). The Hall–Kier alpha value is -3.03. The lowest BCUT2D eigenvalue weighted by molar-refractivity contribution is 0.0746. The molecule has 0 radical (unpaired) electrons. The molecule has 0 spiro atoms. The highest BCUT2D eigenvalue weighted by atomic mass is 16.7. The number of carbonyl (C=O) groups excluding carboxylic acids is 1. The van der Waals surface area contributed by atoms with E-state index in [9.17, 15) is 4.79 Å². The first-order valence-corrected chi connectivity index (χ1v) is 10.2. The first-order valence-electron chi connectivity index (χ1n) is 10.2. The van der Waals surface area contributed by atoms with E-state index in [2.05, 4.69) is 25.8 Å². The Morgan fingerprint density at radius 1 is 0.862 bits per heavy atom. The van der Waals surface area contributed by atoms with Crippen LogP contribution in [-0.2, 0) is 0 Å². The molecule has 2 aromatic rings. The van der Waals surface area contributed by atoms with Gasteiger partial charge in [-0.2, -0.15) is 0 Å². The van der Waals surface area contributed by atoms with Gasteiger partial charge in [-0.15, -0.1) is 0 Å². The molecule has 1 aromatic carbocycles. The SMILES string of the molecule is Cc1nc(N2CCCC2)cc(N2CCN(C(=O)c3ccc4c(c3)OCO4)CC2)n1. The van der Waals surface area contributed by atoms with Gasteiger partial charge in [-0.05, 0) is 38.0 Å². The first kappa shape index (κ1) is 18.0. The van der Waals surface area contributed by atoms with E-state index in [0.717, 1.165) is 43.6 Å². The largest absolute Gasteiger partial charge is 0.454 e. The minimum Gasteiger partial charge on any atom is -0.454 e. The van der Waals surface area contributed by atoms with Gasteiger partial charge in [-0.1, -0.05) is 0 Å². The third kappa shape index (κ3) is 3.54. The van der Waals surface area contributed by atoms with Crippen molar-refractivity contribution in [3.8, 4) is 11.5 Å². The Kier molecular flexibility index (Phi) is 4.61. The fourth-order valence-corrected chi connectivity index (χ4v) is 4.16. The second-order valence-electron chi connectivity index (χ2n) is 7.67. The molecule has 8 heteroatoms. The Bertz CT molecular complexity index is 921. The van der Waals surface area contributed by atoms with Gasteiger partial charge in [0.1, 0.15) is 17.5 Å². The van der Waals surface area contributed by atoms with Crippen LogP contribution in [0.15, 0.2) is 24.3 Å². The van der Waals surface area contributed by atoms with Crippen molar-refractivity contribution in [1.82, 2.24) is 14.9 Å². The normalized spacial score (nSPS) is 18.4. The second kappa shape index (κ2) is 7.42. The fraction of sp³-hybridized carbons (Fsp3) is 0.476. The monoisotopic (exact) mass is 395 g/mol. The van der Waals surface area contributed by atoms with Crippen LogP contribution in [0.2, 0.25) is 0 Å². The quantitative estimate of drug-likeness (QED) is 0.788. The van der Waals surface area contributed by atoms with Gasteiger partial charge in [0, 0.05) is 50.9 Å². The van der Waals surface area contributed by atoms with Crippen LogP contribution in [0.1, 0.15) is 29.0 Å². The molecule has 0 aliphatic carbocycles. The number of nitrogens with zero attached hydrogens (tertiary/aromatic N) is 5. The summed E-state index contributed by atoms with van der Waals surface area (Å²) in [6.45, 7) is 7.12. The zero-order valence-corrected chi connectivity index (χ0v) is 16.6. The van der Waals surface area contributed by atoms with E-state index < -0.39 is 0 Å². The molecule has 2 saturated heterocycles. The number of ether oxygens (including phenoxy) is 2. The third-order valence-electron chi connectivity index (χ3n) is 5.75. The number of carbonyl (C=O) groups is 1. The van der Waals surface area contributed by atoms with E-state index in [1.807, 2.05) is 11.8 Å². The lowest BCUT2D eigenvalue weighted by Gasteiger charge is -2.35. The van der Waals surface area contributed by atoms with E-state index in [4.69, 9.17) is 9.47 Å². The highest BCUT2D eigenvalue weighted by Crippen LogP contribution is 2.33. The standard InChI is InChI=1S/C21H25N5O3/c1-15-22-19(24-6-2-3-7-24)13-20(23-15)25-8-10-26(11-9-25)21(27)16-4-5-17-18(12-16)29-14-28-17/h4-5,12-13H,2-3,6-11,14H2,1H3. The molecule has 3 aliphatic heterocycles. The fourth-order valence-electron chi connectivity index (χ4n) is 4.16. The van der Waals surface area contributed by atoms with Crippen LogP contribution in [0.25, 0.3) is 0 Å². The molecule has 3 aliphatic rings. The summed E-state index contributed by atoms with van der Waals surface area (Å²) in [6, 6.07) is 7.47. The summed E-state index contributed by atoms with van der Waals surface area (Å²) < 4.78 is 10.7. The Morgan fingerprint density at radius 3 is 2.24 bits per heavy atom. The summed E-state index contributed by atoms with van der Waals surface area (Å²) in [5.41, 5.74) is 0.636. The van der Waals surface area contributed by atoms with Crippen molar-refractivity contribution in [3.05, 3.63) is 35.7 Å². The van der Waals surface area contributed by atoms with Crippen molar-refractivity contribution < 1.29 is 14.3 Å². The maximum Gasteiger partial charge on any atom is 0.254 e. The van der Waals surface area contributed by atoms with Gasteiger partial charge in [0.2, 0.25) is 6.79 Å². The van der Waals surface area contributed by atoms with E-state index >= 15 is 0 Å². The number of hydrogen-bond donors (Lipinski definition) is 0. The number of piperazine rings is 1. The molecule has 0 unspecified atom stereocenters. The van der Waals surface area contributed by atoms with E-state index in [0.29, 0.717) is 30.2 Å². The molecule has 0 N–H and O–H groups in total. The summed E-state index contributed by atoms with van der Waals surface area (Å²) in [6.07, 6.45) is 2.44. The van der Waals surface area contributed by atoms with Gasteiger partial charge in [0.25, 0.3) is 5.91 Å². The number of benzene rings is 1. The van der Waals surface area contributed by atoms with Crippen LogP contribution in [-0.4, -0.2) is 66.8 Å². The van der Waals surface area contributed by atoms with Crippen LogP contribution in [0, 0.1) is 6.92 Å². The third-order valence-corrected chi connectivity index (χ3v) is 5.75. The van der Waals surface area contributed by atoms with Crippen molar-refractivity contribution in [1.29, 1.82) is 0 Å². The molecule has 29 heavy (non-hydrogen) atoms. The number of rotatable bonds is 3. The molecule has 4 heterocycles. The summed E-state index contributed by atoms with van der Waals surface area (Å²) in [4.78, 5) is 28.6. The number of amides is 1. The smallest absolute Gasteiger partial charge is 0.254 e. The molecule has 0 saturated carbocycles. The zero-order valence-electron chi connectivity index (χ0n) is 16.6. The molecule has 8 nitrogen and oxygen atoms in total. The Morgan fingerprint density at radius 2 is 1.52 bits per heavy atom. The predicted octanol–water partition coefficient (Wildman–Crippen LogP) is 2.08. The second-order valence-corrected chi connectivity index (χ2v) is 7.67. The average Bonchev–Trinajstić information content (AvgIpc) is 3.44. The lowest BCUT2D eigenvalue weighted by Crippen LogP contribution is -2.49. The van der Waals surface area contributed by atoms with Gasteiger partial charge in [-0.25, -0.2) is 9.97 Å². The molecular formula is C21H25N5O3. The van der Waals surface area contributed by atoms with E-state index in [1.165, 1.54) is 12.8 Å². The van der Waals surface area contributed by atoms with Gasteiger partial charge in [0.15, 0.2) is 11.5 Å². The molecule has 1 aromatic heterocycles. The lowest BCUT2D eigenvalue weighted by atomic mass is 10.1. The summed E-state index contributed by atoms with van der Waals surface area (Å²) in [5, 5.41) is 0. The minimum atomic E-state index is 0.0274. The van der Waals surface area contributed by atoms with E-state index in [-0.39, 0.29) is 12.7 Å². The Balaban J connectivity index is 1.26. The molecular weight excluding hydrogens is 370 g/mol. The Labute approximate surface area is 170 Å². The number of anilines is 2. The van der Waals surface area contributed by atoms with Crippen LogP contribution < -0.4 is 19.3 Å². The highest BCUT2D eigenvalue weighted by molar-refractivity contribution is 5.95. The van der Waals surface area contributed by atoms with Gasteiger partial charge in [0.05, 0.1) is 0 Å². The average molecular weight is 395 g/mol. The van der Waals surface area contributed by atoms with Gasteiger partial charge < -0.3 is 24.2 Å². The summed E-state index contributed by atoms with van der Waals surface area (Å²) in [7, 11) is 0. The van der Waals surface area contributed by atoms with Crippen LogP contribution in [0.4, 0.5) is 11.6 Å². The minimum absolute atomic E-state index is 0.0274. The topological polar surface area (TPSA) is 71.0 Å². The van der Waals surface area contributed by atoms with Crippen LogP contribution in [0.5, 0.6) is 11.5 Å². The van der Waals surface area contributed by atoms with Crippen molar-refractivity contribution in [2.24, 2.45) is 0 Å². The number of hydrogen-bond acceptors (Lipinski definition) is 7. The van der Waals surface area contributed by atoms with Crippen molar-refractivity contribution in [2.45, 2.75) is 19.8 Å². The zero-order chi connectivity index (χ0) is 19.8. The number of fused-ring (bicyclic) bond motifs is 1. The molecule has 0 atom stereocenters. The molecule has 0 bridgehead atoms. The molecule has 2 fully saturated rings. The maximum absolute atomic E-state index is 12.9. The highest BCUT2D eigenvalue weighted by Gasteiger charge is 2.25.